The quantitative estimate of drug-likeness (QED) is 0.530. The summed E-state index contributed by atoms with van der Waals surface area (Å²) in [5, 5.41) is 11.7. The van der Waals surface area contributed by atoms with Crippen LogP contribution in [0.4, 0.5) is 0 Å². The van der Waals surface area contributed by atoms with Crippen LogP contribution in [-0.2, 0) is 24.3 Å². The molecule has 0 spiro atoms. The first-order chi connectivity index (χ1) is 12.8. The largest absolute Gasteiger partial charge is 0.549 e. The SMILES string of the molecule is CCOC(=O)C(C(=O)[O-])[C@@H](NS(=O)(=O)c1ccc(C)cc1)c1ccccc1. The zero-order valence-corrected chi connectivity index (χ0v) is 15.7. The third kappa shape index (κ3) is 5.15. The fourth-order valence-electron chi connectivity index (χ4n) is 2.54. The number of rotatable bonds is 8. The van der Waals surface area contributed by atoms with Gasteiger partial charge in [-0.05, 0) is 31.5 Å². The molecule has 1 unspecified atom stereocenters. The second-order valence-electron chi connectivity index (χ2n) is 5.87. The smallest absolute Gasteiger partial charge is 0.316 e. The number of carbonyl (C=O) groups is 2. The van der Waals surface area contributed by atoms with Gasteiger partial charge in [0.1, 0.15) is 5.92 Å². The first kappa shape index (κ1) is 20.6. The summed E-state index contributed by atoms with van der Waals surface area (Å²) >= 11 is 0. The molecule has 0 aliphatic carbocycles. The summed E-state index contributed by atoms with van der Waals surface area (Å²) in [6.45, 7) is 3.29. The van der Waals surface area contributed by atoms with Crippen molar-refractivity contribution < 1.29 is 27.9 Å². The number of carboxylic acid groups (broad SMARTS) is 1. The van der Waals surface area contributed by atoms with Crippen LogP contribution in [0.1, 0.15) is 24.1 Å². The molecule has 0 aromatic heterocycles. The number of benzene rings is 2. The van der Waals surface area contributed by atoms with E-state index in [0.717, 1.165) is 5.56 Å². The van der Waals surface area contributed by atoms with E-state index in [4.69, 9.17) is 4.74 Å². The Balaban J connectivity index is 2.48. The predicted octanol–water partition coefficient (Wildman–Crippen LogP) is 0.944. The molecule has 0 heterocycles. The Hall–Kier alpha value is -2.71. The summed E-state index contributed by atoms with van der Waals surface area (Å²) < 4.78 is 32.6. The molecule has 0 saturated heterocycles. The molecule has 0 radical (unpaired) electrons. The topological polar surface area (TPSA) is 113 Å². The molecular weight excluding hydrogens is 370 g/mol. The van der Waals surface area contributed by atoms with Gasteiger partial charge >= 0.3 is 5.97 Å². The molecule has 27 heavy (non-hydrogen) atoms. The molecule has 0 amide bonds. The molecule has 1 N–H and O–H groups in total. The van der Waals surface area contributed by atoms with Crippen molar-refractivity contribution in [2.24, 2.45) is 5.92 Å². The van der Waals surface area contributed by atoms with Gasteiger partial charge in [-0.25, -0.2) is 13.1 Å². The van der Waals surface area contributed by atoms with Gasteiger partial charge < -0.3 is 14.6 Å². The first-order valence-corrected chi connectivity index (χ1v) is 9.76. The lowest BCUT2D eigenvalue weighted by Gasteiger charge is -2.27. The summed E-state index contributed by atoms with van der Waals surface area (Å²) in [5.41, 5.74) is 1.17. The average Bonchev–Trinajstić information content (AvgIpc) is 2.62. The van der Waals surface area contributed by atoms with Gasteiger partial charge in [-0.15, -0.1) is 0 Å². The van der Waals surface area contributed by atoms with Crippen molar-refractivity contribution in [3.05, 3.63) is 65.7 Å². The third-order valence-electron chi connectivity index (χ3n) is 3.90. The van der Waals surface area contributed by atoms with Crippen molar-refractivity contribution in [2.45, 2.75) is 24.8 Å². The molecule has 7 nitrogen and oxygen atoms in total. The van der Waals surface area contributed by atoms with E-state index in [-0.39, 0.29) is 11.5 Å². The van der Waals surface area contributed by atoms with Crippen molar-refractivity contribution in [1.29, 1.82) is 0 Å². The fraction of sp³-hybridized carbons (Fsp3) is 0.263. The number of aliphatic carboxylic acids is 1. The van der Waals surface area contributed by atoms with Gasteiger partial charge in [0.2, 0.25) is 10.0 Å². The summed E-state index contributed by atoms with van der Waals surface area (Å²) in [6.07, 6.45) is 0. The summed E-state index contributed by atoms with van der Waals surface area (Å²) in [7, 11) is -4.10. The highest BCUT2D eigenvalue weighted by molar-refractivity contribution is 7.89. The fourth-order valence-corrected chi connectivity index (χ4v) is 3.78. The molecule has 0 fully saturated rings. The van der Waals surface area contributed by atoms with Gasteiger partial charge in [-0.2, -0.15) is 0 Å². The molecule has 8 heteroatoms. The number of ether oxygens (including phenoxy) is 1. The van der Waals surface area contributed by atoms with E-state index in [1.54, 1.807) is 30.3 Å². The lowest BCUT2D eigenvalue weighted by atomic mass is 9.94. The van der Waals surface area contributed by atoms with E-state index in [2.05, 4.69) is 4.72 Å². The number of carboxylic acids is 1. The lowest BCUT2D eigenvalue weighted by molar-refractivity contribution is -0.311. The van der Waals surface area contributed by atoms with E-state index in [1.807, 2.05) is 6.92 Å². The molecule has 2 atom stereocenters. The number of carbonyl (C=O) groups excluding carboxylic acids is 2. The number of hydrogen-bond acceptors (Lipinski definition) is 6. The number of nitrogens with one attached hydrogen (secondary N) is 1. The van der Waals surface area contributed by atoms with Gasteiger partial charge in [0, 0.05) is 0 Å². The number of aryl methyl sites for hydroxylation is 1. The predicted molar refractivity (Wildman–Crippen MR) is 95.8 cm³/mol. The Morgan fingerprint density at radius 1 is 1.07 bits per heavy atom. The van der Waals surface area contributed by atoms with Gasteiger partial charge in [-0.3, -0.25) is 4.79 Å². The van der Waals surface area contributed by atoms with Crippen LogP contribution in [0.3, 0.4) is 0 Å². The Kier molecular flexibility index (Phi) is 6.70. The summed E-state index contributed by atoms with van der Waals surface area (Å²) in [5.74, 6) is -4.64. The highest BCUT2D eigenvalue weighted by Gasteiger charge is 2.35. The lowest BCUT2D eigenvalue weighted by Crippen LogP contribution is -2.46. The van der Waals surface area contributed by atoms with Crippen LogP contribution in [0.2, 0.25) is 0 Å². The number of esters is 1. The zero-order chi connectivity index (χ0) is 20.0. The molecule has 0 aliphatic rings. The Bertz CT molecular complexity index is 894. The minimum Gasteiger partial charge on any atom is -0.549 e. The van der Waals surface area contributed by atoms with Crippen LogP contribution >= 0.6 is 0 Å². The Morgan fingerprint density at radius 2 is 1.67 bits per heavy atom. The van der Waals surface area contributed by atoms with Crippen molar-refractivity contribution in [2.75, 3.05) is 6.61 Å². The first-order valence-electron chi connectivity index (χ1n) is 8.27. The van der Waals surface area contributed by atoms with Crippen LogP contribution in [0.5, 0.6) is 0 Å². The molecule has 2 rings (SSSR count). The Labute approximate surface area is 158 Å². The molecule has 2 aromatic rings. The monoisotopic (exact) mass is 390 g/mol. The average molecular weight is 390 g/mol. The van der Waals surface area contributed by atoms with Gasteiger partial charge in [0.15, 0.2) is 0 Å². The van der Waals surface area contributed by atoms with Crippen molar-refractivity contribution in [3.63, 3.8) is 0 Å². The summed E-state index contributed by atoms with van der Waals surface area (Å²) in [4.78, 5) is 23.8. The number of sulfonamides is 1. The van der Waals surface area contributed by atoms with E-state index >= 15 is 0 Å². The van der Waals surface area contributed by atoms with Gasteiger partial charge in [0.25, 0.3) is 0 Å². The second-order valence-corrected chi connectivity index (χ2v) is 7.59. The van der Waals surface area contributed by atoms with Crippen LogP contribution in [0.15, 0.2) is 59.5 Å². The third-order valence-corrected chi connectivity index (χ3v) is 5.36. The normalized spacial score (nSPS) is 13.6. The molecule has 2 aromatic carbocycles. The van der Waals surface area contributed by atoms with Crippen LogP contribution in [0.25, 0.3) is 0 Å². The highest BCUT2D eigenvalue weighted by Crippen LogP contribution is 2.26. The van der Waals surface area contributed by atoms with Crippen molar-refractivity contribution in [3.8, 4) is 0 Å². The minimum absolute atomic E-state index is 0.0463. The maximum absolute atomic E-state index is 12.8. The van der Waals surface area contributed by atoms with Gasteiger partial charge in [0.05, 0.1) is 23.5 Å². The maximum atomic E-state index is 12.8. The molecule has 0 aliphatic heterocycles. The van der Waals surface area contributed by atoms with E-state index in [1.165, 1.54) is 31.2 Å². The van der Waals surface area contributed by atoms with E-state index in [0.29, 0.717) is 5.56 Å². The maximum Gasteiger partial charge on any atom is 0.316 e. The molecule has 144 valence electrons. The van der Waals surface area contributed by atoms with Crippen LogP contribution < -0.4 is 9.83 Å². The number of hydrogen-bond donors (Lipinski definition) is 1. The Morgan fingerprint density at radius 3 is 2.19 bits per heavy atom. The standard InChI is InChI=1S/C19H21NO6S/c1-3-26-19(23)16(18(21)22)17(14-7-5-4-6-8-14)20-27(24,25)15-11-9-13(2)10-12-15/h4-12,16-17,20H,3H2,1-2H3,(H,21,22)/p-1/t16?,17-/m0/s1. The van der Waals surface area contributed by atoms with Crippen molar-refractivity contribution in [1.82, 2.24) is 4.72 Å². The van der Waals surface area contributed by atoms with Crippen LogP contribution in [0, 0.1) is 12.8 Å². The molecule has 0 saturated carbocycles. The van der Waals surface area contributed by atoms with Crippen molar-refractivity contribution >= 4 is 22.0 Å². The van der Waals surface area contributed by atoms with E-state index in [9.17, 15) is 23.1 Å². The van der Waals surface area contributed by atoms with E-state index < -0.39 is 33.9 Å². The van der Waals surface area contributed by atoms with Gasteiger partial charge in [-0.1, -0.05) is 48.0 Å². The highest BCUT2D eigenvalue weighted by atomic mass is 32.2. The molecule has 0 bridgehead atoms. The minimum atomic E-state index is -4.10. The summed E-state index contributed by atoms with van der Waals surface area (Å²) in [6, 6.07) is 12.6. The second kappa shape index (κ2) is 8.79. The molecular formula is C19H20NO6S-. The zero-order valence-electron chi connectivity index (χ0n) is 14.9. The van der Waals surface area contributed by atoms with Crippen LogP contribution in [-0.4, -0.2) is 27.0 Å².